The molecule has 1 N–H and O–H groups in total. The molecule has 3 rings (SSSR count). The van der Waals surface area contributed by atoms with Crippen LogP contribution in [0.1, 0.15) is 10.4 Å². The molecule has 0 heterocycles. The molecular formula is C22H18ClIN2O5S. The van der Waals surface area contributed by atoms with Gasteiger partial charge in [-0.25, -0.2) is 13.2 Å². The van der Waals surface area contributed by atoms with E-state index in [1.54, 1.807) is 42.5 Å². The average molecular weight is 585 g/mol. The lowest BCUT2D eigenvalue weighted by Crippen LogP contribution is -2.38. The van der Waals surface area contributed by atoms with E-state index < -0.39 is 28.4 Å². The van der Waals surface area contributed by atoms with E-state index in [9.17, 15) is 18.0 Å². The van der Waals surface area contributed by atoms with Crippen molar-refractivity contribution in [1.29, 1.82) is 0 Å². The minimum absolute atomic E-state index is 0.0609. The number of nitrogens with one attached hydrogen (secondary N) is 1. The monoisotopic (exact) mass is 584 g/mol. The Labute approximate surface area is 204 Å². The molecule has 0 atom stereocenters. The molecule has 0 aromatic heterocycles. The van der Waals surface area contributed by atoms with Crippen LogP contribution in [0.4, 0.5) is 11.4 Å². The Morgan fingerprint density at radius 3 is 2.31 bits per heavy atom. The number of halogens is 2. The highest BCUT2D eigenvalue weighted by Gasteiger charge is 2.27. The van der Waals surface area contributed by atoms with Crippen LogP contribution < -0.4 is 9.62 Å². The zero-order valence-electron chi connectivity index (χ0n) is 16.8. The first kappa shape index (κ1) is 24.0. The molecule has 0 bridgehead atoms. The van der Waals surface area contributed by atoms with Gasteiger partial charge in [-0.05, 0) is 77.2 Å². The van der Waals surface area contributed by atoms with Gasteiger partial charge in [-0.15, -0.1) is 0 Å². The Morgan fingerprint density at radius 2 is 1.69 bits per heavy atom. The summed E-state index contributed by atoms with van der Waals surface area (Å²) in [6.45, 7) is -0.478. The quantitative estimate of drug-likeness (QED) is 0.325. The molecule has 0 aliphatic heterocycles. The van der Waals surface area contributed by atoms with Crippen molar-refractivity contribution in [3.63, 3.8) is 0 Å². The third-order valence-electron chi connectivity index (χ3n) is 4.39. The van der Waals surface area contributed by atoms with Crippen molar-refractivity contribution >= 4 is 67.5 Å². The summed E-state index contributed by atoms with van der Waals surface area (Å²) in [4.78, 5) is 24.7. The molecule has 0 aliphatic rings. The number of amides is 1. The predicted octanol–water partition coefficient (Wildman–Crippen LogP) is 4.57. The van der Waals surface area contributed by atoms with E-state index in [1.807, 2.05) is 0 Å². The van der Waals surface area contributed by atoms with E-state index in [2.05, 4.69) is 32.6 Å². The number of anilines is 2. The van der Waals surface area contributed by atoms with Crippen LogP contribution in [-0.2, 0) is 19.6 Å². The molecule has 0 spiro atoms. The second kappa shape index (κ2) is 10.3. The number of methoxy groups -OCH3 is 1. The summed E-state index contributed by atoms with van der Waals surface area (Å²) in [5.74, 6) is -1.25. The maximum absolute atomic E-state index is 13.3. The molecule has 3 aromatic carbocycles. The van der Waals surface area contributed by atoms with Gasteiger partial charge in [0.25, 0.3) is 10.0 Å². The molecule has 166 valence electrons. The van der Waals surface area contributed by atoms with Gasteiger partial charge in [-0.2, -0.15) is 0 Å². The molecule has 32 heavy (non-hydrogen) atoms. The van der Waals surface area contributed by atoms with E-state index in [-0.39, 0.29) is 21.2 Å². The number of carbonyl (C=O) groups is 2. The van der Waals surface area contributed by atoms with Gasteiger partial charge in [0.15, 0.2) is 0 Å². The summed E-state index contributed by atoms with van der Waals surface area (Å²) >= 11 is 8.12. The van der Waals surface area contributed by atoms with Crippen molar-refractivity contribution in [2.75, 3.05) is 23.3 Å². The number of hydrogen-bond donors (Lipinski definition) is 1. The average Bonchev–Trinajstić information content (AvgIpc) is 2.79. The Balaban J connectivity index is 1.91. The minimum atomic E-state index is -4.01. The summed E-state index contributed by atoms with van der Waals surface area (Å²) in [5.41, 5.74) is 0.702. The van der Waals surface area contributed by atoms with Crippen molar-refractivity contribution in [2.24, 2.45) is 0 Å². The first-order valence-corrected chi connectivity index (χ1v) is 12.1. The van der Waals surface area contributed by atoms with Crippen LogP contribution in [0.2, 0.25) is 5.02 Å². The number of hydrogen-bond acceptors (Lipinski definition) is 5. The number of nitrogens with zero attached hydrogens (tertiary/aromatic N) is 1. The molecule has 0 aliphatic carbocycles. The van der Waals surface area contributed by atoms with E-state index in [4.69, 9.17) is 11.6 Å². The predicted molar refractivity (Wildman–Crippen MR) is 132 cm³/mol. The summed E-state index contributed by atoms with van der Waals surface area (Å²) in [6.07, 6.45) is 0. The van der Waals surface area contributed by atoms with Gasteiger partial charge in [0.1, 0.15) is 6.54 Å². The summed E-state index contributed by atoms with van der Waals surface area (Å²) < 4.78 is 33.2. The molecule has 3 aromatic rings. The van der Waals surface area contributed by atoms with Crippen LogP contribution >= 0.6 is 34.2 Å². The van der Waals surface area contributed by atoms with E-state index >= 15 is 0 Å². The van der Waals surface area contributed by atoms with Gasteiger partial charge >= 0.3 is 5.97 Å². The number of ether oxygens (including phenoxy) is 1. The van der Waals surface area contributed by atoms with Crippen LogP contribution in [0.3, 0.4) is 0 Å². The lowest BCUT2D eigenvalue weighted by Gasteiger charge is -2.24. The van der Waals surface area contributed by atoms with Crippen molar-refractivity contribution in [3.8, 4) is 0 Å². The standard InChI is InChI=1S/C22H18ClIN2O5S/c1-31-22(28)19-13-16(9-12-20(19)23)25-21(27)14-26(17-10-7-15(24)8-11-17)32(29,30)18-5-3-2-4-6-18/h2-13H,14H2,1H3,(H,25,27). The third kappa shape index (κ3) is 5.59. The van der Waals surface area contributed by atoms with Gasteiger partial charge in [-0.1, -0.05) is 29.8 Å². The highest BCUT2D eigenvalue weighted by molar-refractivity contribution is 14.1. The van der Waals surface area contributed by atoms with Gasteiger partial charge in [0, 0.05) is 9.26 Å². The SMILES string of the molecule is COC(=O)c1cc(NC(=O)CN(c2ccc(I)cc2)S(=O)(=O)c2ccccc2)ccc1Cl. The van der Waals surface area contributed by atoms with Crippen LogP contribution in [0.5, 0.6) is 0 Å². The fraction of sp³-hybridized carbons (Fsp3) is 0.0909. The fourth-order valence-corrected chi connectivity index (χ4v) is 4.84. The van der Waals surface area contributed by atoms with Gasteiger partial charge in [0.05, 0.1) is 28.3 Å². The fourth-order valence-electron chi connectivity index (χ4n) is 2.84. The number of sulfonamides is 1. The summed E-state index contributed by atoms with van der Waals surface area (Å²) in [7, 11) is -2.79. The second-order valence-corrected chi connectivity index (χ2v) is 10.1. The first-order chi connectivity index (χ1) is 15.2. The second-order valence-electron chi connectivity index (χ2n) is 6.54. The topological polar surface area (TPSA) is 92.8 Å². The highest BCUT2D eigenvalue weighted by Crippen LogP contribution is 2.25. The number of rotatable bonds is 7. The summed E-state index contributed by atoms with van der Waals surface area (Å²) in [5, 5.41) is 2.78. The normalized spacial score (nSPS) is 11.0. The Hall–Kier alpha value is -2.63. The lowest BCUT2D eigenvalue weighted by molar-refractivity contribution is -0.114. The zero-order chi connectivity index (χ0) is 23.3. The van der Waals surface area contributed by atoms with E-state index in [0.717, 1.165) is 7.88 Å². The van der Waals surface area contributed by atoms with Crippen LogP contribution in [0, 0.1) is 3.57 Å². The van der Waals surface area contributed by atoms with Gasteiger partial charge in [-0.3, -0.25) is 9.10 Å². The van der Waals surface area contributed by atoms with Crippen molar-refractivity contribution in [2.45, 2.75) is 4.90 Å². The number of benzene rings is 3. The molecule has 7 nitrogen and oxygen atoms in total. The summed E-state index contributed by atoms with van der Waals surface area (Å²) in [6, 6.07) is 19.0. The molecule has 0 fully saturated rings. The van der Waals surface area contributed by atoms with Gasteiger partial charge in [0.2, 0.25) is 5.91 Å². The number of esters is 1. The van der Waals surface area contributed by atoms with Crippen molar-refractivity contribution in [1.82, 2.24) is 0 Å². The molecule has 0 saturated heterocycles. The zero-order valence-corrected chi connectivity index (χ0v) is 20.5. The maximum Gasteiger partial charge on any atom is 0.339 e. The van der Waals surface area contributed by atoms with Gasteiger partial charge < -0.3 is 10.1 Å². The third-order valence-corrected chi connectivity index (χ3v) is 7.23. The molecule has 10 heteroatoms. The van der Waals surface area contributed by atoms with E-state index in [1.165, 1.54) is 37.4 Å². The maximum atomic E-state index is 13.3. The highest BCUT2D eigenvalue weighted by atomic mass is 127. The smallest absolute Gasteiger partial charge is 0.339 e. The molecule has 0 unspecified atom stereocenters. The van der Waals surface area contributed by atoms with Crippen LogP contribution in [0.15, 0.2) is 77.7 Å². The molecule has 0 radical (unpaired) electrons. The first-order valence-electron chi connectivity index (χ1n) is 9.23. The van der Waals surface area contributed by atoms with Crippen LogP contribution in [-0.4, -0.2) is 33.9 Å². The van der Waals surface area contributed by atoms with Crippen molar-refractivity contribution < 1.29 is 22.7 Å². The Morgan fingerprint density at radius 1 is 1.03 bits per heavy atom. The van der Waals surface area contributed by atoms with Crippen molar-refractivity contribution in [3.05, 3.63) is 87.0 Å². The Bertz CT molecular complexity index is 1230. The molecule has 1 amide bonds. The molecular weight excluding hydrogens is 567 g/mol. The Kier molecular flexibility index (Phi) is 7.75. The minimum Gasteiger partial charge on any atom is -0.465 e. The lowest BCUT2D eigenvalue weighted by atomic mass is 10.2. The molecule has 0 saturated carbocycles. The largest absolute Gasteiger partial charge is 0.465 e. The number of carbonyl (C=O) groups excluding carboxylic acids is 2. The van der Waals surface area contributed by atoms with E-state index in [0.29, 0.717) is 5.69 Å². The van der Waals surface area contributed by atoms with Crippen LogP contribution in [0.25, 0.3) is 0 Å².